The zero-order valence-corrected chi connectivity index (χ0v) is 16.9. The van der Waals surface area contributed by atoms with Crippen molar-refractivity contribution in [3.8, 4) is 5.75 Å². The highest BCUT2D eigenvalue weighted by atomic mass is 35.5. The molecule has 1 saturated heterocycles. The molecule has 2 aromatic carbocycles. The second kappa shape index (κ2) is 8.12. The number of aromatic nitrogens is 1. The number of hydrogen-bond acceptors (Lipinski definition) is 7. The number of halogens is 1. The molecule has 0 saturated carbocycles. The summed E-state index contributed by atoms with van der Waals surface area (Å²) in [6.07, 6.45) is 2.93. The number of phenolic OH excluding ortho intramolecular Hbond substituents is 1. The fourth-order valence-electron chi connectivity index (χ4n) is 3.52. The Morgan fingerprint density at radius 2 is 1.84 bits per heavy atom. The first-order valence-corrected chi connectivity index (χ1v) is 9.61. The van der Waals surface area contributed by atoms with Crippen LogP contribution in [0.2, 0.25) is 5.02 Å². The number of rotatable bonds is 4. The molecule has 1 fully saturated rings. The van der Waals surface area contributed by atoms with Gasteiger partial charge in [0, 0.05) is 35.1 Å². The van der Waals surface area contributed by atoms with Gasteiger partial charge >= 0.3 is 0 Å². The van der Waals surface area contributed by atoms with Gasteiger partial charge in [0.1, 0.15) is 11.5 Å². The van der Waals surface area contributed by atoms with Crippen LogP contribution >= 0.6 is 11.6 Å². The summed E-state index contributed by atoms with van der Waals surface area (Å²) in [4.78, 5) is 41.4. The number of aliphatic hydroxyl groups excluding tert-OH is 1. The Balaban J connectivity index is 1.94. The van der Waals surface area contributed by atoms with Gasteiger partial charge in [0.05, 0.1) is 22.2 Å². The number of nitro groups is 1. The van der Waals surface area contributed by atoms with Gasteiger partial charge in [-0.2, -0.15) is 0 Å². The Labute approximate surface area is 186 Å². The summed E-state index contributed by atoms with van der Waals surface area (Å²) in [7, 11) is 0. The number of ketones is 1. The Morgan fingerprint density at radius 1 is 1.12 bits per heavy atom. The molecule has 2 heterocycles. The van der Waals surface area contributed by atoms with Gasteiger partial charge < -0.3 is 10.2 Å². The number of nitro benzene ring substituents is 1. The molecule has 160 valence electrons. The molecule has 32 heavy (non-hydrogen) atoms. The van der Waals surface area contributed by atoms with Gasteiger partial charge in [-0.15, -0.1) is 0 Å². The van der Waals surface area contributed by atoms with E-state index in [9.17, 15) is 29.9 Å². The number of aromatic hydroxyl groups is 1. The fourth-order valence-corrected chi connectivity index (χ4v) is 3.69. The second-order valence-electron chi connectivity index (χ2n) is 6.89. The van der Waals surface area contributed by atoms with E-state index in [4.69, 9.17) is 11.6 Å². The average molecular weight is 452 g/mol. The molecular weight excluding hydrogens is 438 g/mol. The van der Waals surface area contributed by atoms with Crippen molar-refractivity contribution in [1.82, 2.24) is 4.98 Å². The molecule has 1 amide bonds. The number of hydrogen-bond donors (Lipinski definition) is 2. The molecule has 0 spiro atoms. The molecule has 3 aromatic rings. The quantitative estimate of drug-likeness (QED) is 0.201. The van der Waals surface area contributed by atoms with Crippen LogP contribution in [0.3, 0.4) is 0 Å². The molecule has 10 heteroatoms. The van der Waals surface area contributed by atoms with Crippen LogP contribution in [0.4, 0.5) is 11.4 Å². The minimum atomic E-state index is -1.12. The van der Waals surface area contributed by atoms with Crippen LogP contribution in [-0.2, 0) is 9.59 Å². The number of nitrogens with zero attached hydrogens (tertiary/aromatic N) is 3. The van der Waals surface area contributed by atoms with Crippen LogP contribution in [0.25, 0.3) is 5.76 Å². The van der Waals surface area contributed by atoms with Crippen molar-refractivity contribution in [2.75, 3.05) is 4.90 Å². The minimum Gasteiger partial charge on any atom is -0.507 e. The van der Waals surface area contributed by atoms with E-state index in [-0.39, 0.29) is 33.3 Å². The Bertz CT molecular complexity index is 1270. The van der Waals surface area contributed by atoms with Crippen LogP contribution in [0.5, 0.6) is 5.75 Å². The number of carbonyl (C=O) groups is 2. The molecule has 0 bridgehead atoms. The molecule has 1 aliphatic rings. The van der Waals surface area contributed by atoms with E-state index in [0.29, 0.717) is 5.56 Å². The number of Topliss-reactive ketones (excluding diaryl/α,β-unsaturated/α-hetero) is 1. The molecular formula is C22H14ClN3O6. The SMILES string of the molecule is O=C1C(=O)N(c2cc(Cl)ccc2O)C(c2cccnc2)/C1=C(\O)c1ccc([N+](=O)[O-])cc1. The minimum absolute atomic E-state index is 0.0174. The van der Waals surface area contributed by atoms with E-state index < -0.39 is 28.4 Å². The summed E-state index contributed by atoms with van der Waals surface area (Å²) < 4.78 is 0. The number of pyridine rings is 1. The zero-order chi connectivity index (χ0) is 23.0. The molecule has 1 aliphatic heterocycles. The molecule has 4 rings (SSSR count). The largest absolute Gasteiger partial charge is 0.507 e. The standard InChI is InChI=1S/C22H14ClN3O6/c23-14-5-8-17(27)16(10-14)25-19(13-2-1-9-24-11-13)18(21(29)22(25)30)20(28)12-3-6-15(7-4-12)26(31)32/h1-11,19,27-28H/b20-18+. The van der Waals surface area contributed by atoms with Crippen LogP contribution in [0, 0.1) is 10.1 Å². The van der Waals surface area contributed by atoms with Gasteiger partial charge in [0.25, 0.3) is 17.4 Å². The lowest BCUT2D eigenvalue weighted by atomic mass is 9.96. The van der Waals surface area contributed by atoms with Gasteiger partial charge in [0.2, 0.25) is 0 Å². The Kier molecular flexibility index (Phi) is 5.33. The average Bonchev–Trinajstić information content (AvgIpc) is 3.06. The van der Waals surface area contributed by atoms with E-state index in [1.165, 1.54) is 54.9 Å². The monoisotopic (exact) mass is 451 g/mol. The maximum absolute atomic E-state index is 13.0. The topological polar surface area (TPSA) is 134 Å². The molecule has 0 aliphatic carbocycles. The number of carbonyl (C=O) groups excluding carboxylic acids is 2. The first-order valence-electron chi connectivity index (χ1n) is 9.24. The highest BCUT2D eigenvalue weighted by Crippen LogP contribution is 2.45. The molecule has 1 unspecified atom stereocenters. The number of non-ortho nitro benzene ring substituents is 1. The highest BCUT2D eigenvalue weighted by molar-refractivity contribution is 6.52. The van der Waals surface area contributed by atoms with Crippen LogP contribution in [0.15, 0.2) is 72.6 Å². The van der Waals surface area contributed by atoms with Crippen molar-refractivity contribution in [1.29, 1.82) is 0 Å². The van der Waals surface area contributed by atoms with Crippen molar-refractivity contribution < 1.29 is 24.7 Å². The number of benzene rings is 2. The maximum Gasteiger partial charge on any atom is 0.300 e. The highest BCUT2D eigenvalue weighted by Gasteiger charge is 2.47. The molecule has 1 aromatic heterocycles. The summed E-state index contributed by atoms with van der Waals surface area (Å²) >= 11 is 6.05. The van der Waals surface area contributed by atoms with Crippen LogP contribution in [0.1, 0.15) is 17.2 Å². The lowest BCUT2D eigenvalue weighted by molar-refractivity contribution is -0.384. The summed E-state index contributed by atoms with van der Waals surface area (Å²) in [6, 6.07) is 11.0. The van der Waals surface area contributed by atoms with E-state index in [1.54, 1.807) is 12.1 Å². The predicted octanol–water partition coefficient (Wildman–Crippen LogP) is 3.98. The summed E-state index contributed by atoms with van der Waals surface area (Å²) in [6.45, 7) is 0. The van der Waals surface area contributed by atoms with Crippen molar-refractivity contribution in [2.24, 2.45) is 0 Å². The maximum atomic E-state index is 13.0. The lowest BCUT2D eigenvalue weighted by Crippen LogP contribution is -2.29. The smallest absolute Gasteiger partial charge is 0.300 e. The fraction of sp³-hybridized carbons (Fsp3) is 0.0455. The van der Waals surface area contributed by atoms with Gasteiger partial charge in [-0.1, -0.05) is 17.7 Å². The van der Waals surface area contributed by atoms with Crippen molar-refractivity contribution in [3.63, 3.8) is 0 Å². The second-order valence-corrected chi connectivity index (χ2v) is 7.33. The van der Waals surface area contributed by atoms with Gasteiger partial charge in [-0.25, -0.2) is 0 Å². The summed E-state index contributed by atoms with van der Waals surface area (Å²) in [5, 5.41) is 32.5. The first-order chi connectivity index (χ1) is 15.3. The van der Waals surface area contributed by atoms with Gasteiger partial charge in [-0.3, -0.25) is 29.6 Å². The van der Waals surface area contributed by atoms with E-state index in [0.717, 1.165) is 4.90 Å². The number of aliphatic hydroxyl groups is 1. The van der Waals surface area contributed by atoms with E-state index >= 15 is 0 Å². The molecule has 2 N–H and O–H groups in total. The number of phenols is 1. The normalized spacial score (nSPS) is 17.5. The zero-order valence-electron chi connectivity index (χ0n) is 16.2. The summed E-state index contributed by atoms with van der Waals surface area (Å²) in [5.74, 6) is -2.79. The number of anilines is 1. The Hall–Kier alpha value is -4.24. The Morgan fingerprint density at radius 3 is 2.47 bits per heavy atom. The van der Waals surface area contributed by atoms with E-state index in [2.05, 4.69) is 4.98 Å². The van der Waals surface area contributed by atoms with Crippen LogP contribution < -0.4 is 4.90 Å². The third-order valence-corrected chi connectivity index (χ3v) is 5.23. The van der Waals surface area contributed by atoms with Crippen molar-refractivity contribution >= 4 is 40.4 Å². The predicted molar refractivity (Wildman–Crippen MR) is 115 cm³/mol. The third kappa shape index (κ3) is 3.54. The van der Waals surface area contributed by atoms with Crippen molar-refractivity contribution in [2.45, 2.75) is 6.04 Å². The van der Waals surface area contributed by atoms with Gasteiger partial charge in [0.15, 0.2) is 0 Å². The molecule has 9 nitrogen and oxygen atoms in total. The van der Waals surface area contributed by atoms with Gasteiger partial charge in [-0.05, 0) is 42.0 Å². The lowest BCUT2D eigenvalue weighted by Gasteiger charge is -2.25. The van der Waals surface area contributed by atoms with E-state index in [1.807, 2.05) is 0 Å². The molecule has 1 atom stereocenters. The third-order valence-electron chi connectivity index (χ3n) is 4.99. The van der Waals surface area contributed by atoms with Crippen molar-refractivity contribution in [3.05, 3.63) is 98.8 Å². The molecule has 0 radical (unpaired) electrons. The van der Waals surface area contributed by atoms with Crippen LogP contribution in [-0.4, -0.2) is 31.8 Å². The number of amides is 1. The first kappa shape index (κ1) is 21.0. The summed E-state index contributed by atoms with van der Waals surface area (Å²) in [5.41, 5.74) is 0.0365.